The van der Waals surface area contributed by atoms with E-state index in [1.165, 1.54) is 21.1 Å². The molecule has 0 aromatic heterocycles. The molecule has 2 aromatic carbocycles. The van der Waals surface area contributed by atoms with Crippen LogP contribution in [-0.4, -0.2) is 42.3 Å². The largest absolute Gasteiger partial charge is 0.493 e. The first-order chi connectivity index (χ1) is 15.7. The summed E-state index contributed by atoms with van der Waals surface area (Å²) in [6, 6.07) is 7.62. The zero-order valence-corrected chi connectivity index (χ0v) is 22.2. The van der Waals surface area contributed by atoms with Crippen LogP contribution in [0.3, 0.4) is 0 Å². The normalized spacial score (nSPS) is 15.7. The van der Waals surface area contributed by atoms with Gasteiger partial charge in [-0.25, -0.2) is 4.79 Å². The Hall–Kier alpha value is -1.95. The summed E-state index contributed by atoms with van der Waals surface area (Å²) >= 11 is 15.0. The lowest BCUT2D eigenvalue weighted by molar-refractivity contribution is -0.148. The van der Waals surface area contributed by atoms with Crippen LogP contribution in [0, 0.1) is 3.57 Å². The third-order valence-corrected chi connectivity index (χ3v) is 6.96. The Balaban J connectivity index is 1.84. The molecule has 3 rings (SSSR count). The number of nitrogens with zero attached hydrogens (tertiary/aromatic N) is 1. The predicted molar refractivity (Wildman–Crippen MR) is 136 cm³/mol. The van der Waals surface area contributed by atoms with Crippen LogP contribution in [0.1, 0.15) is 18.1 Å². The molecule has 0 spiro atoms. The molecule has 0 unspecified atom stereocenters. The number of carbonyl (C=O) groups is 3. The van der Waals surface area contributed by atoms with E-state index in [1.54, 1.807) is 36.4 Å². The number of imide groups is 1. The summed E-state index contributed by atoms with van der Waals surface area (Å²) in [6.45, 7) is 1.64. The van der Waals surface area contributed by atoms with Crippen molar-refractivity contribution in [1.82, 2.24) is 4.90 Å². The van der Waals surface area contributed by atoms with Crippen LogP contribution >= 0.6 is 57.6 Å². The summed E-state index contributed by atoms with van der Waals surface area (Å²) in [4.78, 5) is 37.9. The molecule has 1 aliphatic heterocycles. The number of benzene rings is 2. The molecule has 1 saturated heterocycles. The van der Waals surface area contributed by atoms with Crippen LogP contribution in [0.15, 0.2) is 35.2 Å². The van der Waals surface area contributed by atoms with E-state index >= 15 is 0 Å². The van der Waals surface area contributed by atoms with Crippen molar-refractivity contribution in [2.75, 3.05) is 14.2 Å². The average molecular weight is 622 g/mol. The molecule has 174 valence electrons. The van der Waals surface area contributed by atoms with Crippen LogP contribution < -0.4 is 9.47 Å². The highest BCUT2D eigenvalue weighted by Crippen LogP contribution is 2.38. The Kier molecular flexibility index (Phi) is 8.54. The minimum atomic E-state index is -1.02. The molecule has 7 nitrogen and oxygen atoms in total. The van der Waals surface area contributed by atoms with Crippen molar-refractivity contribution < 1.29 is 28.6 Å². The first-order valence-electron chi connectivity index (χ1n) is 9.45. The van der Waals surface area contributed by atoms with Gasteiger partial charge in [-0.3, -0.25) is 14.5 Å². The second-order valence-electron chi connectivity index (χ2n) is 6.81. The maximum absolute atomic E-state index is 12.7. The molecular weight excluding hydrogens is 604 g/mol. The number of ether oxygens (including phenoxy) is 3. The lowest BCUT2D eigenvalue weighted by atomic mass is 10.1. The van der Waals surface area contributed by atoms with Gasteiger partial charge >= 0.3 is 5.97 Å². The molecule has 0 aliphatic carbocycles. The van der Waals surface area contributed by atoms with Crippen molar-refractivity contribution in [3.05, 3.63) is 60.0 Å². The number of amides is 2. The fourth-order valence-corrected chi connectivity index (χ4v) is 5.15. The summed E-state index contributed by atoms with van der Waals surface area (Å²) in [7, 11) is 2.70. The van der Waals surface area contributed by atoms with Gasteiger partial charge in [0.2, 0.25) is 0 Å². The fraction of sp³-hybridized carbons (Fsp3) is 0.227. The zero-order chi connectivity index (χ0) is 24.3. The van der Waals surface area contributed by atoms with Crippen molar-refractivity contribution in [3.8, 4) is 11.5 Å². The first kappa shape index (κ1) is 25.7. The lowest BCUT2D eigenvalue weighted by Crippen LogP contribution is -2.42. The number of carbonyl (C=O) groups excluding carboxylic acids is 3. The predicted octanol–water partition coefficient (Wildman–Crippen LogP) is 5.78. The maximum atomic E-state index is 12.7. The molecule has 1 fully saturated rings. The third-order valence-electron chi connectivity index (χ3n) is 4.69. The number of hydrogen-bond donors (Lipinski definition) is 0. The zero-order valence-electron chi connectivity index (χ0n) is 17.7. The van der Waals surface area contributed by atoms with E-state index < -0.39 is 23.2 Å². The van der Waals surface area contributed by atoms with E-state index in [9.17, 15) is 14.4 Å². The maximum Gasteiger partial charge on any atom is 0.328 e. The van der Waals surface area contributed by atoms with Crippen LogP contribution in [0.4, 0.5) is 4.79 Å². The fourth-order valence-electron chi connectivity index (χ4n) is 2.99. The van der Waals surface area contributed by atoms with Crippen LogP contribution in [0.25, 0.3) is 6.08 Å². The molecule has 1 atom stereocenters. The van der Waals surface area contributed by atoms with E-state index in [1.807, 2.05) is 0 Å². The Morgan fingerprint density at radius 3 is 2.58 bits per heavy atom. The summed E-state index contributed by atoms with van der Waals surface area (Å²) in [5.41, 5.74) is 1.39. The van der Waals surface area contributed by atoms with Crippen molar-refractivity contribution in [3.63, 3.8) is 0 Å². The summed E-state index contributed by atoms with van der Waals surface area (Å²) < 4.78 is 16.8. The molecular formula is C22H18Cl2INO6S. The van der Waals surface area contributed by atoms with E-state index in [4.69, 9.17) is 32.7 Å². The monoisotopic (exact) mass is 621 g/mol. The highest BCUT2D eigenvalue weighted by atomic mass is 127. The number of methoxy groups -OCH3 is 2. The quantitative estimate of drug-likeness (QED) is 0.220. The van der Waals surface area contributed by atoms with Crippen molar-refractivity contribution in [2.45, 2.75) is 19.6 Å². The van der Waals surface area contributed by atoms with Gasteiger partial charge < -0.3 is 14.2 Å². The van der Waals surface area contributed by atoms with E-state index in [0.717, 1.165) is 25.8 Å². The van der Waals surface area contributed by atoms with Gasteiger partial charge in [-0.15, -0.1) is 0 Å². The van der Waals surface area contributed by atoms with Gasteiger partial charge in [-0.05, 0) is 77.2 Å². The Morgan fingerprint density at radius 2 is 1.94 bits per heavy atom. The molecule has 2 amide bonds. The minimum Gasteiger partial charge on any atom is -0.493 e. The Morgan fingerprint density at radius 1 is 1.21 bits per heavy atom. The molecule has 0 N–H and O–H groups in total. The van der Waals surface area contributed by atoms with Gasteiger partial charge in [0.25, 0.3) is 11.1 Å². The standard InChI is InChI=1S/C22H18Cl2INO6S/c1-11(21(28)31-3)26-20(27)18(33-22(26)29)8-12-6-16(25)19(17(7-12)30-2)32-10-13-4-5-14(23)9-15(13)24/h4-9,11H,10H2,1-3H3/b18-8+/t11-/m0/s1. The molecule has 0 bridgehead atoms. The smallest absolute Gasteiger partial charge is 0.328 e. The molecule has 2 aromatic rings. The minimum absolute atomic E-state index is 0.190. The van der Waals surface area contributed by atoms with Crippen molar-refractivity contribution >= 4 is 80.7 Å². The number of rotatable bonds is 7. The van der Waals surface area contributed by atoms with Gasteiger partial charge in [0.1, 0.15) is 12.6 Å². The second-order valence-corrected chi connectivity index (χ2v) is 9.81. The number of thioether (sulfide) groups is 1. The van der Waals surface area contributed by atoms with Gasteiger partial charge in [-0.2, -0.15) is 0 Å². The number of halogens is 3. The van der Waals surface area contributed by atoms with Crippen LogP contribution in [0.2, 0.25) is 10.0 Å². The second kappa shape index (κ2) is 11.0. The molecule has 1 aliphatic rings. The van der Waals surface area contributed by atoms with E-state index in [-0.39, 0.29) is 11.5 Å². The van der Waals surface area contributed by atoms with E-state index in [0.29, 0.717) is 27.1 Å². The number of esters is 1. The first-order valence-corrected chi connectivity index (χ1v) is 12.1. The third kappa shape index (κ3) is 5.76. The van der Waals surface area contributed by atoms with Gasteiger partial charge in [0.15, 0.2) is 11.5 Å². The van der Waals surface area contributed by atoms with Crippen LogP contribution in [0.5, 0.6) is 11.5 Å². The highest BCUT2D eigenvalue weighted by Gasteiger charge is 2.41. The Bertz CT molecular complexity index is 1160. The van der Waals surface area contributed by atoms with Gasteiger partial charge in [0, 0.05) is 15.6 Å². The molecule has 0 radical (unpaired) electrons. The molecule has 0 saturated carbocycles. The molecule has 33 heavy (non-hydrogen) atoms. The topological polar surface area (TPSA) is 82.1 Å². The average Bonchev–Trinajstić information content (AvgIpc) is 3.05. The van der Waals surface area contributed by atoms with Crippen LogP contribution in [-0.2, 0) is 20.9 Å². The highest BCUT2D eigenvalue weighted by molar-refractivity contribution is 14.1. The Labute approximate surface area is 218 Å². The van der Waals surface area contributed by atoms with E-state index in [2.05, 4.69) is 27.3 Å². The lowest BCUT2D eigenvalue weighted by Gasteiger charge is -2.18. The van der Waals surface area contributed by atoms with Gasteiger partial charge in [-0.1, -0.05) is 29.3 Å². The SMILES string of the molecule is COC(=O)[C@H](C)N1C(=O)S/C(=C/c2cc(I)c(OCc3ccc(Cl)cc3Cl)c(OC)c2)C1=O. The molecule has 1 heterocycles. The summed E-state index contributed by atoms with van der Waals surface area (Å²) in [5.74, 6) is -0.277. The van der Waals surface area contributed by atoms with Crippen molar-refractivity contribution in [2.24, 2.45) is 0 Å². The summed E-state index contributed by atoms with van der Waals surface area (Å²) in [5, 5.41) is 0.487. The van der Waals surface area contributed by atoms with Crippen molar-refractivity contribution in [1.29, 1.82) is 0 Å². The number of hydrogen-bond acceptors (Lipinski definition) is 7. The van der Waals surface area contributed by atoms with Gasteiger partial charge in [0.05, 0.1) is 22.7 Å². The molecule has 11 heteroatoms. The summed E-state index contributed by atoms with van der Waals surface area (Å²) in [6.07, 6.45) is 1.57.